The smallest absolute Gasteiger partial charge is 0.0343 e. The van der Waals surface area contributed by atoms with Crippen molar-refractivity contribution in [2.75, 3.05) is 11.9 Å². The summed E-state index contributed by atoms with van der Waals surface area (Å²) in [6.45, 7) is 5.73. The molecule has 19 heavy (non-hydrogen) atoms. The molecule has 0 saturated carbocycles. The topological polar surface area (TPSA) is 12.0 Å². The van der Waals surface area contributed by atoms with Gasteiger partial charge in [0.05, 0.1) is 0 Å². The fourth-order valence-electron chi connectivity index (χ4n) is 3.79. The van der Waals surface area contributed by atoms with E-state index >= 15 is 0 Å². The fraction of sp³-hybridized carbons (Fsp3) is 0.556. The molecular weight excluding hydrogens is 230 g/mol. The molecule has 102 valence electrons. The predicted octanol–water partition coefficient (Wildman–Crippen LogP) is 4.58. The third-order valence-corrected chi connectivity index (χ3v) is 4.58. The Kier molecular flexibility index (Phi) is 3.63. The van der Waals surface area contributed by atoms with E-state index in [9.17, 15) is 0 Å². The van der Waals surface area contributed by atoms with E-state index < -0.39 is 0 Å². The SMILES string of the molecule is CC1=CC(C)CC(CNc2ccc3c(c2)CCC3)C1. The summed E-state index contributed by atoms with van der Waals surface area (Å²) in [6.07, 6.45) is 8.92. The number of nitrogens with one attached hydrogen (secondary N) is 1. The van der Waals surface area contributed by atoms with Gasteiger partial charge in [-0.2, -0.15) is 0 Å². The quantitative estimate of drug-likeness (QED) is 0.780. The Morgan fingerprint density at radius 2 is 2.05 bits per heavy atom. The van der Waals surface area contributed by atoms with Gasteiger partial charge in [-0.1, -0.05) is 24.6 Å². The summed E-state index contributed by atoms with van der Waals surface area (Å²) < 4.78 is 0. The molecular formula is C18H25N. The van der Waals surface area contributed by atoms with Crippen LogP contribution in [0.2, 0.25) is 0 Å². The van der Waals surface area contributed by atoms with Crippen molar-refractivity contribution in [1.29, 1.82) is 0 Å². The highest BCUT2D eigenvalue weighted by Gasteiger charge is 2.18. The molecule has 3 rings (SSSR count). The standard InChI is InChI=1S/C18H25N/c1-13-8-14(2)10-15(9-13)12-19-18-7-6-16-4-3-5-17(16)11-18/h6-8,11,13,15,19H,3-5,9-10,12H2,1-2H3. The van der Waals surface area contributed by atoms with Gasteiger partial charge in [0.15, 0.2) is 0 Å². The summed E-state index contributed by atoms with van der Waals surface area (Å²) in [6, 6.07) is 6.95. The van der Waals surface area contributed by atoms with Crippen molar-refractivity contribution in [3.63, 3.8) is 0 Å². The molecule has 0 aromatic heterocycles. The maximum Gasteiger partial charge on any atom is 0.0343 e. The van der Waals surface area contributed by atoms with Crippen molar-refractivity contribution in [1.82, 2.24) is 0 Å². The van der Waals surface area contributed by atoms with Gasteiger partial charge < -0.3 is 5.32 Å². The molecule has 0 bridgehead atoms. The number of benzene rings is 1. The number of hydrogen-bond acceptors (Lipinski definition) is 1. The van der Waals surface area contributed by atoms with Gasteiger partial charge in [-0.25, -0.2) is 0 Å². The van der Waals surface area contributed by atoms with Crippen LogP contribution in [-0.4, -0.2) is 6.54 Å². The maximum absolute atomic E-state index is 3.66. The van der Waals surface area contributed by atoms with Gasteiger partial charge >= 0.3 is 0 Å². The normalized spacial score (nSPS) is 25.9. The molecule has 1 heteroatoms. The van der Waals surface area contributed by atoms with E-state index in [1.54, 1.807) is 16.7 Å². The van der Waals surface area contributed by atoms with E-state index in [1.807, 2.05) is 0 Å². The van der Waals surface area contributed by atoms with Crippen LogP contribution >= 0.6 is 0 Å². The summed E-state index contributed by atoms with van der Waals surface area (Å²) in [4.78, 5) is 0. The Morgan fingerprint density at radius 3 is 2.89 bits per heavy atom. The molecule has 0 amide bonds. The summed E-state index contributed by atoms with van der Waals surface area (Å²) in [5, 5.41) is 3.66. The molecule has 0 radical (unpaired) electrons. The lowest BCUT2D eigenvalue weighted by Gasteiger charge is -2.26. The molecule has 0 spiro atoms. The zero-order chi connectivity index (χ0) is 13.2. The number of fused-ring (bicyclic) bond motifs is 1. The average Bonchev–Trinajstić information content (AvgIpc) is 2.82. The number of hydrogen-bond donors (Lipinski definition) is 1. The lowest BCUT2D eigenvalue weighted by Crippen LogP contribution is -2.20. The van der Waals surface area contributed by atoms with Gasteiger partial charge in [-0.3, -0.25) is 0 Å². The second kappa shape index (κ2) is 5.40. The third kappa shape index (κ3) is 3.02. The van der Waals surface area contributed by atoms with E-state index in [0.29, 0.717) is 0 Å². The first kappa shape index (κ1) is 12.8. The van der Waals surface area contributed by atoms with Crippen LogP contribution in [0.25, 0.3) is 0 Å². The molecule has 0 fully saturated rings. The van der Waals surface area contributed by atoms with Crippen molar-refractivity contribution in [2.24, 2.45) is 11.8 Å². The monoisotopic (exact) mass is 255 g/mol. The van der Waals surface area contributed by atoms with E-state index in [-0.39, 0.29) is 0 Å². The highest BCUT2D eigenvalue weighted by atomic mass is 14.9. The molecule has 2 aliphatic carbocycles. The molecule has 2 aliphatic rings. The van der Waals surface area contributed by atoms with Gasteiger partial charge in [0.2, 0.25) is 0 Å². The lowest BCUT2D eigenvalue weighted by molar-refractivity contribution is 0.421. The molecule has 1 aromatic rings. The third-order valence-electron chi connectivity index (χ3n) is 4.58. The van der Waals surface area contributed by atoms with E-state index in [1.165, 1.54) is 37.8 Å². The highest BCUT2D eigenvalue weighted by molar-refractivity contribution is 5.50. The minimum atomic E-state index is 0.751. The van der Waals surface area contributed by atoms with Crippen molar-refractivity contribution in [2.45, 2.75) is 46.0 Å². The van der Waals surface area contributed by atoms with E-state index in [2.05, 4.69) is 43.4 Å². The largest absolute Gasteiger partial charge is 0.385 e. The van der Waals surface area contributed by atoms with Crippen LogP contribution in [0.1, 0.15) is 44.2 Å². The fourth-order valence-corrected chi connectivity index (χ4v) is 3.79. The average molecular weight is 255 g/mol. The van der Waals surface area contributed by atoms with Crippen molar-refractivity contribution in [3.8, 4) is 0 Å². The number of rotatable bonds is 3. The van der Waals surface area contributed by atoms with Gasteiger partial charge in [-0.15, -0.1) is 0 Å². The van der Waals surface area contributed by atoms with Crippen LogP contribution in [0.4, 0.5) is 5.69 Å². The molecule has 1 N–H and O–H groups in total. The van der Waals surface area contributed by atoms with E-state index in [4.69, 9.17) is 0 Å². The van der Waals surface area contributed by atoms with Gasteiger partial charge in [0.1, 0.15) is 0 Å². The van der Waals surface area contributed by atoms with Crippen molar-refractivity contribution in [3.05, 3.63) is 41.0 Å². The molecule has 0 saturated heterocycles. The zero-order valence-electron chi connectivity index (χ0n) is 12.2. The van der Waals surface area contributed by atoms with Crippen molar-refractivity contribution < 1.29 is 0 Å². The van der Waals surface area contributed by atoms with Crippen LogP contribution in [0.15, 0.2) is 29.8 Å². The van der Waals surface area contributed by atoms with Gasteiger partial charge in [0, 0.05) is 12.2 Å². The zero-order valence-corrected chi connectivity index (χ0v) is 12.2. The van der Waals surface area contributed by atoms with Crippen LogP contribution in [0, 0.1) is 11.8 Å². The summed E-state index contributed by atoms with van der Waals surface area (Å²) in [5.74, 6) is 1.55. The molecule has 0 aliphatic heterocycles. The minimum Gasteiger partial charge on any atom is -0.385 e. The first-order chi connectivity index (χ1) is 9.20. The minimum absolute atomic E-state index is 0.751. The van der Waals surface area contributed by atoms with Gasteiger partial charge in [0.25, 0.3) is 0 Å². The number of anilines is 1. The first-order valence-corrected chi connectivity index (χ1v) is 7.73. The van der Waals surface area contributed by atoms with E-state index in [0.717, 1.165) is 18.4 Å². The van der Waals surface area contributed by atoms with Gasteiger partial charge in [-0.05, 0) is 74.1 Å². The van der Waals surface area contributed by atoms with Crippen LogP contribution in [0.5, 0.6) is 0 Å². The summed E-state index contributed by atoms with van der Waals surface area (Å²) in [7, 11) is 0. The predicted molar refractivity (Wildman–Crippen MR) is 82.6 cm³/mol. The Bertz CT molecular complexity index is 486. The second-order valence-electron chi connectivity index (χ2n) is 6.51. The van der Waals surface area contributed by atoms with Crippen LogP contribution in [0.3, 0.4) is 0 Å². The van der Waals surface area contributed by atoms with Crippen LogP contribution in [-0.2, 0) is 12.8 Å². The molecule has 0 heterocycles. The molecule has 2 atom stereocenters. The number of allylic oxidation sites excluding steroid dienone is 2. The highest BCUT2D eigenvalue weighted by Crippen LogP contribution is 2.29. The number of aryl methyl sites for hydroxylation is 2. The Hall–Kier alpha value is -1.24. The second-order valence-corrected chi connectivity index (χ2v) is 6.51. The first-order valence-electron chi connectivity index (χ1n) is 7.73. The summed E-state index contributed by atoms with van der Waals surface area (Å²) in [5.41, 5.74) is 6.02. The lowest BCUT2D eigenvalue weighted by atomic mass is 9.83. The van der Waals surface area contributed by atoms with Crippen LogP contribution < -0.4 is 5.32 Å². The Labute approximate surface area is 117 Å². The summed E-state index contributed by atoms with van der Waals surface area (Å²) >= 11 is 0. The Morgan fingerprint density at radius 1 is 1.21 bits per heavy atom. The van der Waals surface area contributed by atoms with Crippen molar-refractivity contribution >= 4 is 5.69 Å². The molecule has 1 aromatic carbocycles. The molecule has 1 nitrogen and oxygen atoms in total. The Balaban J connectivity index is 1.59. The molecule has 2 unspecified atom stereocenters. The maximum atomic E-state index is 3.66.